The number of benzene rings is 2. The van der Waals surface area contributed by atoms with Gasteiger partial charge >= 0.3 is 0 Å². The fourth-order valence-corrected chi connectivity index (χ4v) is 1.80. The molecule has 0 saturated carbocycles. The topological polar surface area (TPSA) is 38.3 Å². The van der Waals surface area contributed by atoms with E-state index in [1.54, 1.807) is 25.3 Å². The van der Waals surface area contributed by atoms with Crippen molar-refractivity contribution in [2.24, 2.45) is 0 Å². The predicted octanol–water partition coefficient (Wildman–Crippen LogP) is 2.97. The van der Waals surface area contributed by atoms with Crippen LogP contribution < -0.4 is 10.1 Å². The zero-order chi connectivity index (χ0) is 13.0. The number of carbonyl (C=O) groups is 1. The highest BCUT2D eigenvalue weighted by molar-refractivity contribution is 6.11. The van der Waals surface area contributed by atoms with Gasteiger partial charge in [-0.05, 0) is 24.3 Å². The van der Waals surface area contributed by atoms with Gasteiger partial charge in [0.1, 0.15) is 5.75 Å². The van der Waals surface area contributed by atoms with Gasteiger partial charge in [0, 0.05) is 18.3 Å². The molecule has 2 aromatic rings. The Morgan fingerprint density at radius 2 is 1.89 bits per heavy atom. The Morgan fingerprint density at radius 1 is 1.11 bits per heavy atom. The largest absolute Gasteiger partial charge is 0.496 e. The fraction of sp³-hybridized carbons (Fsp3) is 0.133. The lowest BCUT2D eigenvalue weighted by atomic mass is 10.0. The van der Waals surface area contributed by atoms with Gasteiger partial charge < -0.3 is 10.1 Å². The maximum absolute atomic E-state index is 12.4. The molecule has 0 aliphatic heterocycles. The summed E-state index contributed by atoms with van der Waals surface area (Å²) in [6.07, 6.45) is 0. The van der Waals surface area contributed by atoms with E-state index >= 15 is 0 Å². The molecule has 0 aromatic heterocycles. The molecule has 18 heavy (non-hydrogen) atoms. The summed E-state index contributed by atoms with van der Waals surface area (Å²) < 4.78 is 5.21. The van der Waals surface area contributed by atoms with Crippen molar-refractivity contribution in [2.75, 3.05) is 19.5 Å². The number of para-hydroxylation sites is 1. The number of rotatable bonds is 4. The number of carbonyl (C=O) groups excluding carboxylic acids is 1. The Bertz CT molecular complexity index is 564. The minimum Gasteiger partial charge on any atom is -0.496 e. The third kappa shape index (κ3) is 2.35. The molecule has 3 heteroatoms. The highest BCUT2D eigenvalue weighted by Gasteiger charge is 2.13. The average molecular weight is 241 g/mol. The van der Waals surface area contributed by atoms with Crippen molar-refractivity contribution in [1.29, 1.82) is 0 Å². The van der Waals surface area contributed by atoms with Gasteiger partial charge in [-0.2, -0.15) is 0 Å². The molecule has 0 saturated heterocycles. The van der Waals surface area contributed by atoms with Gasteiger partial charge in [-0.3, -0.25) is 4.79 Å². The fourth-order valence-electron chi connectivity index (χ4n) is 1.80. The molecule has 2 aromatic carbocycles. The number of nitrogens with one attached hydrogen (secondary N) is 1. The minimum absolute atomic E-state index is 0.0375. The molecule has 2 rings (SSSR count). The zero-order valence-corrected chi connectivity index (χ0v) is 10.4. The number of ether oxygens (including phenoxy) is 1. The van der Waals surface area contributed by atoms with Gasteiger partial charge in [0.15, 0.2) is 5.78 Å². The summed E-state index contributed by atoms with van der Waals surface area (Å²) in [7, 11) is 3.39. The van der Waals surface area contributed by atoms with Crippen LogP contribution in [0.2, 0.25) is 0 Å². The van der Waals surface area contributed by atoms with E-state index in [0.717, 1.165) is 5.69 Å². The normalized spacial score (nSPS) is 9.89. The second-order valence-corrected chi connectivity index (χ2v) is 3.86. The van der Waals surface area contributed by atoms with Crippen LogP contribution in [0.25, 0.3) is 0 Å². The predicted molar refractivity (Wildman–Crippen MR) is 72.4 cm³/mol. The van der Waals surface area contributed by atoms with Crippen LogP contribution >= 0.6 is 0 Å². The van der Waals surface area contributed by atoms with E-state index in [2.05, 4.69) is 5.32 Å². The van der Waals surface area contributed by atoms with Gasteiger partial charge in [0.25, 0.3) is 0 Å². The first-order chi connectivity index (χ1) is 8.76. The molecular formula is C15H15NO2. The van der Waals surface area contributed by atoms with E-state index in [1.165, 1.54) is 0 Å². The second kappa shape index (κ2) is 5.36. The summed E-state index contributed by atoms with van der Waals surface area (Å²) in [6, 6.07) is 14.6. The molecule has 3 nitrogen and oxygen atoms in total. The van der Waals surface area contributed by atoms with Crippen molar-refractivity contribution >= 4 is 11.5 Å². The third-order valence-corrected chi connectivity index (χ3v) is 2.77. The third-order valence-electron chi connectivity index (χ3n) is 2.77. The van der Waals surface area contributed by atoms with Crippen molar-refractivity contribution in [3.63, 3.8) is 0 Å². The second-order valence-electron chi connectivity index (χ2n) is 3.86. The lowest BCUT2D eigenvalue weighted by Gasteiger charge is -2.08. The smallest absolute Gasteiger partial charge is 0.196 e. The maximum Gasteiger partial charge on any atom is 0.196 e. The van der Waals surface area contributed by atoms with Gasteiger partial charge in [0.2, 0.25) is 0 Å². The molecule has 0 fully saturated rings. The monoisotopic (exact) mass is 241 g/mol. The Hall–Kier alpha value is -2.29. The summed E-state index contributed by atoms with van der Waals surface area (Å²) in [6.45, 7) is 0. The van der Waals surface area contributed by atoms with Crippen LogP contribution in [-0.4, -0.2) is 19.9 Å². The molecule has 92 valence electrons. The van der Waals surface area contributed by atoms with Crippen molar-refractivity contribution in [2.45, 2.75) is 0 Å². The van der Waals surface area contributed by atoms with Crippen molar-refractivity contribution in [3.8, 4) is 5.75 Å². The molecule has 0 bridgehead atoms. The van der Waals surface area contributed by atoms with Crippen LogP contribution in [0.3, 0.4) is 0 Å². The first-order valence-electron chi connectivity index (χ1n) is 5.72. The highest BCUT2D eigenvalue weighted by Crippen LogP contribution is 2.22. The van der Waals surface area contributed by atoms with Gasteiger partial charge in [-0.25, -0.2) is 0 Å². The minimum atomic E-state index is -0.0375. The molecule has 0 atom stereocenters. The van der Waals surface area contributed by atoms with Crippen molar-refractivity contribution in [3.05, 3.63) is 59.7 Å². The van der Waals surface area contributed by atoms with E-state index in [0.29, 0.717) is 16.9 Å². The summed E-state index contributed by atoms with van der Waals surface area (Å²) in [5.74, 6) is 0.557. The molecule has 0 unspecified atom stereocenters. The summed E-state index contributed by atoms with van der Waals surface area (Å²) in [5.41, 5.74) is 2.13. The zero-order valence-electron chi connectivity index (χ0n) is 10.4. The van der Waals surface area contributed by atoms with E-state index in [4.69, 9.17) is 4.74 Å². The van der Waals surface area contributed by atoms with Crippen LogP contribution in [0.15, 0.2) is 48.5 Å². The quantitative estimate of drug-likeness (QED) is 0.836. The molecule has 1 N–H and O–H groups in total. The Labute approximate surface area is 106 Å². The lowest BCUT2D eigenvalue weighted by Crippen LogP contribution is -2.04. The van der Waals surface area contributed by atoms with E-state index in [1.807, 2.05) is 37.4 Å². The number of methoxy groups -OCH3 is 1. The van der Waals surface area contributed by atoms with Crippen LogP contribution in [0.4, 0.5) is 5.69 Å². The van der Waals surface area contributed by atoms with E-state index in [9.17, 15) is 4.79 Å². The van der Waals surface area contributed by atoms with Crippen molar-refractivity contribution < 1.29 is 9.53 Å². The summed E-state index contributed by atoms with van der Waals surface area (Å²) >= 11 is 0. The summed E-state index contributed by atoms with van der Waals surface area (Å²) in [4.78, 5) is 12.4. The molecular weight excluding hydrogens is 226 g/mol. The number of hydrogen-bond acceptors (Lipinski definition) is 3. The average Bonchev–Trinajstić information content (AvgIpc) is 2.46. The number of anilines is 1. The van der Waals surface area contributed by atoms with Crippen LogP contribution in [0.5, 0.6) is 5.75 Å². The highest BCUT2D eigenvalue weighted by atomic mass is 16.5. The van der Waals surface area contributed by atoms with Gasteiger partial charge in [0.05, 0.1) is 12.7 Å². The molecule has 0 aliphatic rings. The molecule has 0 heterocycles. The van der Waals surface area contributed by atoms with Crippen molar-refractivity contribution in [1.82, 2.24) is 0 Å². The number of ketones is 1. The molecule has 0 spiro atoms. The van der Waals surface area contributed by atoms with Gasteiger partial charge in [-0.1, -0.05) is 24.3 Å². The van der Waals surface area contributed by atoms with Crippen LogP contribution in [-0.2, 0) is 0 Å². The molecule has 0 amide bonds. The SMILES string of the molecule is CNc1cccc(C(=O)c2ccccc2OC)c1. The van der Waals surface area contributed by atoms with E-state index < -0.39 is 0 Å². The Morgan fingerprint density at radius 3 is 2.61 bits per heavy atom. The van der Waals surface area contributed by atoms with Crippen LogP contribution in [0, 0.1) is 0 Å². The molecule has 0 radical (unpaired) electrons. The lowest BCUT2D eigenvalue weighted by molar-refractivity contribution is 0.103. The molecule has 0 aliphatic carbocycles. The first-order valence-corrected chi connectivity index (χ1v) is 5.72. The summed E-state index contributed by atoms with van der Waals surface area (Å²) in [5, 5.41) is 3.02. The maximum atomic E-state index is 12.4. The van der Waals surface area contributed by atoms with Crippen LogP contribution in [0.1, 0.15) is 15.9 Å². The van der Waals surface area contributed by atoms with E-state index in [-0.39, 0.29) is 5.78 Å². The number of hydrogen-bond donors (Lipinski definition) is 1. The first kappa shape index (κ1) is 12.2. The van der Waals surface area contributed by atoms with Gasteiger partial charge in [-0.15, -0.1) is 0 Å². The Kier molecular flexibility index (Phi) is 3.63. The Balaban J connectivity index is 2.41. The standard InChI is InChI=1S/C15H15NO2/c1-16-12-7-5-6-11(10-12)15(17)13-8-3-4-9-14(13)18-2/h3-10,16H,1-2H3.